The minimum atomic E-state index is -0.147. The van der Waals surface area contributed by atoms with Gasteiger partial charge in [0.15, 0.2) is 0 Å². The van der Waals surface area contributed by atoms with Crippen LogP contribution in [-0.2, 0) is 11.3 Å². The molecule has 0 radical (unpaired) electrons. The van der Waals surface area contributed by atoms with Crippen molar-refractivity contribution < 1.29 is 9.53 Å². The van der Waals surface area contributed by atoms with Gasteiger partial charge in [-0.15, -0.1) is 0 Å². The van der Waals surface area contributed by atoms with Crippen LogP contribution >= 0.6 is 0 Å². The van der Waals surface area contributed by atoms with E-state index in [1.54, 1.807) is 12.3 Å². The number of carbonyl (C=O) groups is 1. The average Bonchev–Trinajstić information content (AvgIpc) is 3.29. The zero-order chi connectivity index (χ0) is 17.2. The minimum absolute atomic E-state index is 0.147. The SMILES string of the molecule is Cc1c(C2CCOCC2)[nH]c2ccc(CNC(=O)c3ccn[nH]3)cc12. The number of aromatic nitrogens is 3. The van der Waals surface area contributed by atoms with Crippen molar-refractivity contribution in [2.24, 2.45) is 0 Å². The lowest BCUT2D eigenvalue weighted by atomic mass is 9.93. The molecule has 3 N–H and O–H groups in total. The minimum Gasteiger partial charge on any atom is -0.381 e. The summed E-state index contributed by atoms with van der Waals surface area (Å²) in [6.45, 7) is 4.34. The Morgan fingerprint density at radius 3 is 2.92 bits per heavy atom. The standard InChI is InChI=1S/C19H22N4O2/c1-12-15-10-13(11-20-19(24)17-4-7-21-23-17)2-3-16(15)22-18(12)14-5-8-25-9-6-14/h2-4,7,10,14,22H,5-6,8-9,11H2,1H3,(H,20,24)(H,21,23). The number of hydrogen-bond donors (Lipinski definition) is 3. The van der Waals surface area contributed by atoms with E-state index in [4.69, 9.17) is 4.74 Å². The highest BCUT2D eigenvalue weighted by Crippen LogP contribution is 2.33. The van der Waals surface area contributed by atoms with Crippen molar-refractivity contribution in [3.8, 4) is 0 Å². The summed E-state index contributed by atoms with van der Waals surface area (Å²) in [5, 5.41) is 10.6. The number of aryl methyl sites for hydroxylation is 1. The number of nitrogens with one attached hydrogen (secondary N) is 3. The van der Waals surface area contributed by atoms with E-state index in [0.29, 0.717) is 18.2 Å². The van der Waals surface area contributed by atoms with Gasteiger partial charge in [-0.1, -0.05) is 6.07 Å². The quantitative estimate of drug-likeness (QED) is 0.684. The molecular formula is C19H22N4O2. The van der Waals surface area contributed by atoms with Crippen molar-refractivity contribution in [1.82, 2.24) is 20.5 Å². The van der Waals surface area contributed by atoms with E-state index in [9.17, 15) is 4.79 Å². The van der Waals surface area contributed by atoms with Crippen molar-refractivity contribution in [3.63, 3.8) is 0 Å². The van der Waals surface area contributed by atoms with E-state index in [2.05, 4.69) is 45.6 Å². The maximum Gasteiger partial charge on any atom is 0.269 e. The van der Waals surface area contributed by atoms with E-state index >= 15 is 0 Å². The van der Waals surface area contributed by atoms with Gasteiger partial charge in [-0.2, -0.15) is 5.10 Å². The van der Waals surface area contributed by atoms with Crippen LogP contribution in [0.5, 0.6) is 0 Å². The summed E-state index contributed by atoms with van der Waals surface area (Å²) in [7, 11) is 0. The van der Waals surface area contributed by atoms with Crippen LogP contribution in [0.15, 0.2) is 30.5 Å². The van der Waals surface area contributed by atoms with Crippen LogP contribution in [0, 0.1) is 6.92 Å². The van der Waals surface area contributed by atoms with Crippen LogP contribution in [0.1, 0.15) is 46.1 Å². The number of hydrogen-bond acceptors (Lipinski definition) is 3. The topological polar surface area (TPSA) is 82.8 Å². The number of benzene rings is 1. The smallest absolute Gasteiger partial charge is 0.269 e. The predicted molar refractivity (Wildman–Crippen MR) is 95.6 cm³/mol. The van der Waals surface area contributed by atoms with Gasteiger partial charge in [0.05, 0.1) is 0 Å². The largest absolute Gasteiger partial charge is 0.381 e. The third-order valence-corrected chi connectivity index (χ3v) is 4.99. The van der Waals surface area contributed by atoms with Crippen LogP contribution in [0.2, 0.25) is 0 Å². The fraction of sp³-hybridized carbons (Fsp3) is 0.368. The Morgan fingerprint density at radius 1 is 1.32 bits per heavy atom. The molecule has 1 amide bonds. The highest BCUT2D eigenvalue weighted by Gasteiger charge is 2.20. The van der Waals surface area contributed by atoms with Crippen LogP contribution in [0.3, 0.4) is 0 Å². The van der Waals surface area contributed by atoms with Gasteiger partial charge in [0, 0.05) is 48.5 Å². The van der Waals surface area contributed by atoms with Gasteiger partial charge in [0.2, 0.25) is 0 Å². The van der Waals surface area contributed by atoms with Crippen LogP contribution < -0.4 is 5.32 Å². The van der Waals surface area contributed by atoms with E-state index in [1.165, 1.54) is 16.6 Å². The molecule has 6 nitrogen and oxygen atoms in total. The van der Waals surface area contributed by atoms with Gasteiger partial charge in [0.1, 0.15) is 5.69 Å². The molecule has 0 saturated carbocycles. The number of rotatable bonds is 4. The Morgan fingerprint density at radius 2 is 2.16 bits per heavy atom. The molecule has 0 bridgehead atoms. The molecule has 0 atom stereocenters. The van der Waals surface area contributed by atoms with Crippen LogP contribution in [0.25, 0.3) is 10.9 Å². The van der Waals surface area contributed by atoms with Crippen LogP contribution in [-0.4, -0.2) is 34.3 Å². The molecule has 2 aromatic heterocycles. The van der Waals surface area contributed by atoms with Crippen molar-refractivity contribution in [2.45, 2.75) is 32.2 Å². The number of amides is 1. The monoisotopic (exact) mass is 338 g/mol. The Kier molecular flexibility index (Phi) is 4.28. The molecule has 1 aromatic carbocycles. The first-order valence-electron chi connectivity index (χ1n) is 8.69. The lowest BCUT2D eigenvalue weighted by Crippen LogP contribution is -2.23. The second-order valence-electron chi connectivity index (χ2n) is 6.58. The molecule has 1 aliphatic rings. The summed E-state index contributed by atoms with van der Waals surface area (Å²) in [6.07, 6.45) is 3.71. The lowest BCUT2D eigenvalue weighted by Gasteiger charge is -2.21. The molecule has 130 valence electrons. The molecule has 1 saturated heterocycles. The summed E-state index contributed by atoms with van der Waals surface area (Å²) >= 11 is 0. The zero-order valence-electron chi connectivity index (χ0n) is 14.3. The summed E-state index contributed by atoms with van der Waals surface area (Å²) in [5.41, 5.74) is 5.35. The van der Waals surface area contributed by atoms with Gasteiger partial charge in [0.25, 0.3) is 5.91 Å². The number of carbonyl (C=O) groups excluding carboxylic acids is 1. The predicted octanol–water partition coefficient (Wildman–Crippen LogP) is 3.02. The first-order chi connectivity index (χ1) is 12.2. The van der Waals surface area contributed by atoms with Gasteiger partial charge in [-0.05, 0) is 49.1 Å². The van der Waals surface area contributed by atoms with Crippen molar-refractivity contribution in [1.29, 1.82) is 0 Å². The summed E-state index contributed by atoms with van der Waals surface area (Å²) in [4.78, 5) is 15.6. The zero-order valence-corrected chi connectivity index (χ0v) is 14.3. The lowest BCUT2D eigenvalue weighted by molar-refractivity contribution is 0.0845. The molecule has 0 aliphatic carbocycles. The average molecular weight is 338 g/mol. The number of H-pyrrole nitrogens is 2. The van der Waals surface area contributed by atoms with E-state index < -0.39 is 0 Å². The maximum absolute atomic E-state index is 12.0. The molecule has 3 heterocycles. The van der Waals surface area contributed by atoms with Gasteiger partial charge in [-0.3, -0.25) is 9.89 Å². The Bertz CT molecular complexity index is 876. The van der Waals surface area contributed by atoms with Crippen molar-refractivity contribution in [3.05, 3.63) is 53.0 Å². The van der Waals surface area contributed by atoms with Gasteiger partial charge in [-0.25, -0.2) is 0 Å². The molecule has 6 heteroatoms. The first kappa shape index (κ1) is 15.9. The number of aromatic amines is 2. The van der Waals surface area contributed by atoms with Crippen molar-refractivity contribution in [2.75, 3.05) is 13.2 Å². The highest BCUT2D eigenvalue weighted by atomic mass is 16.5. The highest BCUT2D eigenvalue weighted by molar-refractivity contribution is 5.92. The van der Waals surface area contributed by atoms with Gasteiger partial charge < -0.3 is 15.0 Å². The van der Waals surface area contributed by atoms with Crippen LogP contribution in [0.4, 0.5) is 0 Å². The molecule has 1 fully saturated rings. The third-order valence-electron chi connectivity index (χ3n) is 4.99. The summed E-state index contributed by atoms with van der Waals surface area (Å²) < 4.78 is 5.48. The molecule has 0 spiro atoms. The molecule has 3 aromatic rings. The Balaban J connectivity index is 1.53. The van der Waals surface area contributed by atoms with E-state index in [1.807, 2.05) is 0 Å². The molecule has 4 rings (SSSR count). The fourth-order valence-corrected chi connectivity index (χ4v) is 3.56. The van der Waals surface area contributed by atoms with Gasteiger partial charge >= 0.3 is 0 Å². The van der Waals surface area contributed by atoms with E-state index in [0.717, 1.165) is 37.1 Å². The second kappa shape index (κ2) is 6.72. The number of nitrogens with zero attached hydrogens (tertiary/aromatic N) is 1. The molecule has 0 unspecified atom stereocenters. The van der Waals surface area contributed by atoms with E-state index in [-0.39, 0.29) is 5.91 Å². The summed E-state index contributed by atoms with van der Waals surface area (Å²) in [5.74, 6) is 0.399. The Hall–Kier alpha value is -2.60. The third kappa shape index (κ3) is 3.17. The normalized spacial score (nSPS) is 15.6. The summed E-state index contributed by atoms with van der Waals surface area (Å²) in [6, 6.07) is 7.98. The Labute approximate surface area is 146 Å². The first-order valence-corrected chi connectivity index (χ1v) is 8.69. The number of ether oxygens (including phenoxy) is 1. The molecular weight excluding hydrogens is 316 g/mol. The second-order valence-corrected chi connectivity index (χ2v) is 6.58. The van der Waals surface area contributed by atoms with Crippen molar-refractivity contribution >= 4 is 16.8 Å². The molecule has 25 heavy (non-hydrogen) atoms. The fourth-order valence-electron chi connectivity index (χ4n) is 3.56. The molecule has 1 aliphatic heterocycles. The number of fused-ring (bicyclic) bond motifs is 1. The maximum atomic E-state index is 12.0.